The van der Waals surface area contributed by atoms with Crippen molar-refractivity contribution in [3.05, 3.63) is 87.4 Å². The third kappa shape index (κ3) is 6.64. The Labute approximate surface area is 196 Å². The van der Waals surface area contributed by atoms with Gasteiger partial charge < -0.3 is 14.2 Å². The fraction of sp³-hybridized carbons (Fsp3) is 0.167. The third-order valence-electron chi connectivity index (χ3n) is 4.42. The van der Waals surface area contributed by atoms with Gasteiger partial charge in [-0.25, -0.2) is 5.43 Å². The molecule has 0 fully saturated rings. The molecular formula is C24H22Cl2N2O4. The quantitative estimate of drug-likeness (QED) is 0.333. The summed E-state index contributed by atoms with van der Waals surface area (Å²) in [6, 6.07) is 18.0. The number of aryl methyl sites for hydroxylation is 1. The van der Waals surface area contributed by atoms with Crippen LogP contribution in [0.1, 0.15) is 16.7 Å². The number of halogens is 2. The van der Waals surface area contributed by atoms with Crippen molar-refractivity contribution in [1.82, 2.24) is 5.43 Å². The SMILES string of the molecule is COc1cc(/C=N/NC(=O)COc2ccc(C)cc2)ccc1OCc1c(Cl)cccc1Cl. The number of hydrazone groups is 1. The minimum absolute atomic E-state index is 0.138. The predicted molar refractivity (Wildman–Crippen MR) is 126 cm³/mol. The van der Waals surface area contributed by atoms with Crippen molar-refractivity contribution in [3.8, 4) is 17.2 Å². The molecule has 0 aromatic heterocycles. The lowest BCUT2D eigenvalue weighted by Crippen LogP contribution is -2.24. The highest BCUT2D eigenvalue weighted by atomic mass is 35.5. The highest BCUT2D eigenvalue weighted by molar-refractivity contribution is 6.35. The van der Waals surface area contributed by atoms with Gasteiger partial charge in [0.25, 0.3) is 5.91 Å². The fourth-order valence-electron chi connectivity index (χ4n) is 2.70. The van der Waals surface area contributed by atoms with Crippen LogP contribution in [0.25, 0.3) is 0 Å². The molecule has 3 aromatic carbocycles. The largest absolute Gasteiger partial charge is 0.493 e. The molecule has 0 bridgehead atoms. The maximum atomic E-state index is 11.9. The van der Waals surface area contributed by atoms with Gasteiger partial charge in [0, 0.05) is 15.6 Å². The van der Waals surface area contributed by atoms with Crippen LogP contribution in [0.2, 0.25) is 10.0 Å². The maximum Gasteiger partial charge on any atom is 0.277 e. The van der Waals surface area contributed by atoms with Gasteiger partial charge >= 0.3 is 0 Å². The van der Waals surface area contributed by atoms with E-state index >= 15 is 0 Å². The number of carbonyl (C=O) groups is 1. The number of amides is 1. The molecule has 0 aliphatic carbocycles. The smallest absolute Gasteiger partial charge is 0.277 e. The number of benzene rings is 3. The molecule has 0 aliphatic heterocycles. The number of carbonyl (C=O) groups excluding carboxylic acids is 1. The molecule has 0 atom stereocenters. The molecule has 0 saturated heterocycles. The standard InChI is InChI=1S/C24H22Cl2N2O4/c1-16-6-9-18(10-7-16)31-15-24(29)28-27-13-17-8-11-22(23(12-17)30-2)32-14-19-20(25)4-3-5-21(19)26/h3-13H,14-15H2,1-2H3,(H,28,29)/b27-13+. The Bertz CT molecular complexity index is 1080. The van der Waals surface area contributed by atoms with Crippen molar-refractivity contribution >= 4 is 35.3 Å². The first-order valence-corrected chi connectivity index (χ1v) is 10.5. The summed E-state index contributed by atoms with van der Waals surface area (Å²) >= 11 is 12.4. The van der Waals surface area contributed by atoms with Gasteiger partial charge in [0.05, 0.1) is 13.3 Å². The third-order valence-corrected chi connectivity index (χ3v) is 5.12. The van der Waals surface area contributed by atoms with E-state index in [-0.39, 0.29) is 19.1 Å². The van der Waals surface area contributed by atoms with E-state index in [4.69, 9.17) is 37.4 Å². The maximum absolute atomic E-state index is 11.9. The number of nitrogens with one attached hydrogen (secondary N) is 1. The normalized spacial score (nSPS) is 10.8. The lowest BCUT2D eigenvalue weighted by molar-refractivity contribution is -0.123. The number of nitrogens with zero attached hydrogens (tertiary/aromatic N) is 1. The summed E-state index contributed by atoms with van der Waals surface area (Å²) in [6.45, 7) is 2.04. The lowest BCUT2D eigenvalue weighted by atomic mass is 10.2. The zero-order valence-corrected chi connectivity index (χ0v) is 19.1. The van der Waals surface area contributed by atoms with Crippen LogP contribution in [0, 0.1) is 6.92 Å². The number of hydrogen-bond donors (Lipinski definition) is 1. The van der Waals surface area contributed by atoms with Crippen LogP contribution in [-0.4, -0.2) is 25.8 Å². The Kier molecular flexibility index (Phi) is 8.36. The van der Waals surface area contributed by atoms with E-state index in [9.17, 15) is 4.79 Å². The summed E-state index contributed by atoms with van der Waals surface area (Å²) in [6.07, 6.45) is 1.50. The van der Waals surface area contributed by atoms with Crippen LogP contribution < -0.4 is 19.6 Å². The lowest BCUT2D eigenvalue weighted by Gasteiger charge is -2.13. The van der Waals surface area contributed by atoms with Crippen molar-refractivity contribution in [2.75, 3.05) is 13.7 Å². The molecule has 0 spiro atoms. The van der Waals surface area contributed by atoms with Crippen LogP contribution >= 0.6 is 23.2 Å². The average Bonchev–Trinajstić information content (AvgIpc) is 2.79. The summed E-state index contributed by atoms with van der Waals surface area (Å²) < 4.78 is 16.6. The van der Waals surface area contributed by atoms with Crippen molar-refractivity contribution in [3.63, 3.8) is 0 Å². The van der Waals surface area contributed by atoms with Gasteiger partial charge in [-0.05, 0) is 55.0 Å². The Balaban J connectivity index is 1.54. The molecule has 32 heavy (non-hydrogen) atoms. The van der Waals surface area contributed by atoms with Crippen LogP contribution in [-0.2, 0) is 11.4 Å². The fourth-order valence-corrected chi connectivity index (χ4v) is 3.20. The second kappa shape index (κ2) is 11.4. The van der Waals surface area contributed by atoms with E-state index in [1.165, 1.54) is 13.3 Å². The van der Waals surface area contributed by atoms with Gasteiger partial charge in [0.2, 0.25) is 0 Å². The number of hydrogen-bond acceptors (Lipinski definition) is 5. The molecule has 8 heteroatoms. The van der Waals surface area contributed by atoms with E-state index in [0.29, 0.717) is 38.4 Å². The molecule has 0 unspecified atom stereocenters. The van der Waals surface area contributed by atoms with Gasteiger partial charge in [-0.15, -0.1) is 0 Å². The topological polar surface area (TPSA) is 69.2 Å². The molecule has 166 valence electrons. The first kappa shape index (κ1) is 23.4. The highest BCUT2D eigenvalue weighted by Gasteiger charge is 2.10. The molecule has 1 N–H and O–H groups in total. The van der Waals surface area contributed by atoms with Crippen LogP contribution in [0.5, 0.6) is 17.2 Å². The number of rotatable bonds is 9. The van der Waals surface area contributed by atoms with E-state index < -0.39 is 0 Å². The Hall–Kier alpha value is -3.22. The molecule has 1 amide bonds. The van der Waals surface area contributed by atoms with Gasteiger partial charge in [0.15, 0.2) is 18.1 Å². The zero-order valence-electron chi connectivity index (χ0n) is 17.6. The molecule has 0 radical (unpaired) electrons. The number of ether oxygens (including phenoxy) is 3. The van der Waals surface area contributed by atoms with E-state index in [1.807, 2.05) is 31.2 Å². The summed E-state index contributed by atoms with van der Waals surface area (Å²) in [5.74, 6) is 1.28. The van der Waals surface area contributed by atoms with Crippen molar-refractivity contribution < 1.29 is 19.0 Å². The van der Waals surface area contributed by atoms with Crippen molar-refractivity contribution in [2.24, 2.45) is 5.10 Å². The molecule has 3 rings (SSSR count). The van der Waals surface area contributed by atoms with E-state index in [0.717, 1.165) is 5.56 Å². The number of methoxy groups -OCH3 is 1. The minimum atomic E-state index is -0.370. The van der Waals surface area contributed by atoms with Gasteiger partial charge in [-0.3, -0.25) is 4.79 Å². The first-order valence-electron chi connectivity index (χ1n) is 9.71. The molecule has 6 nitrogen and oxygen atoms in total. The summed E-state index contributed by atoms with van der Waals surface area (Å²) in [5, 5.41) is 5.01. The Morgan fingerprint density at radius 2 is 1.72 bits per heavy atom. The van der Waals surface area contributed by atoms with Crippen molar-refractivity contribution in [1.29, 1.82) is 0 Å². The Morgan fingerprint density at radius 3 is 2.41 bits per heavy atom. The molecule has 3 aromatic rings. The average molecular weight is 473 g/mol. The van der Waals surface area contributed by atoms with Gasteiger partial charge in [0.1, 0.15) is 12.4 Å². The minimum Gasteiger partial charge on any atom is -0.493 e. The summed E-state index contributed by atoms with van der Waals surface area (Å²) in [5.41, 5.74) is 4.95. The molecular weight excluding hydrogens is 451 g/mol. The second-order valence-electron chi connectivity index (χ2n) is 6.79. The van der Waals surface area contributed by atoms with E-state index in [1.54, 1.807) is 36.4 Å². The summed E-state index contributed by atoms with van der Waals surface area (Å²) in [4.78, 5) is 11.9. The molecule has 0 heterocycles. The van der Waals surface area contributed by atoms with Crippen LogP contribution in [0.4, 0.5) is 0 Å². The van der Waals surface area contributed by atoms with Crippen molar-refractivity contribution in [2.45, 2.75) is 13.5 Å². The highest BCUT2D eigenvalue weighted by Crippen LogP contribution is 2.31. The summed E-state index contributed by atoms with van der Waals surface area (Å²) in [7, 11) is 1.54. The zero-order chi connectivity index (χ0) is 22.9. The van der Waals surface area contributed by atoms with Crippen LogP contribution in [0.15, 0.2) is 65.8 Å². The monoisotopic (exact) mass is 472 g/mol. The van der Waals surface area contributed by atoms with Gasteiger partial charge in [-0.1, -0.05) is 47.0 Å². The molecule has 0 aliphatic rings. The second-order valence-corrected chi connectivity index (χ2v) is 7.61. The predicted octanol–water partition coefficient (Wildman–Crippen LogP) is 5.42. The van der Waals surface area contributed by atoms with Gasteiger partial charge in [-0.2, -0.15) is 5.10 Å². The van der Waals surface area contributed by atoms with Crippen LogP contribution in [0.3, 0.4) is 0 Å². The first-order chi connectivity index (χ1) is 15.5. The Morgan fingerprint density at radius 1 is 1.00 bits per heavy atom. The van der Waals surface area contributed by atoms with E-state index in [2.05, 4.69) is 10.5 Å². The molecule has 0 saturated carbocycles.